The minimum Gasteiger partial charge on any atom is -0.367 e. The Kier molecular flexibility index (Phi) is 6.14. The first-order chi connectivity index (χ1) is 14.8. The van der Waals surface area contributed by atoms with Crippen LogP contribution in [0.3, 0.4) is 0 Å². The predicted octanol–water partition coefficient (Wildman–Crippen LogP) is 3.06. The molecule has 1 N–H and O–H groups in total. The monoisotopic (exact) mass is 462 g/mol. The minimum atomic E-state index is -3.32. The molecule has 2 aromatic rings. The molecule has 2 aromatic carbocycles. The zero-order valence-corrected chi connectivity index (χ0v) is 19.3. The fourth-order valence-electron chi connectivity index (χ4n) is 4.24. The fraction of sp³-hybridized carbons (Fsp3) is 0.409. The largest absolute Gasteiger partial charge is 0.367 e. The van der Waals surface area contributed by atoms with E-state index >= 15 is 0 Å². The standard InChI is InChI=1S/C22H27ClN4O3S/c1-3-25-10-12-26(13-11-25)21-7-5-18(23)15-19(21)24-22(28)17-4-6-20-16(14-17)8-9-27(20)31(2,29)30/h4-7,14-15H,3,8-13H2,1-2H3,(H,24,28). The van der Waals surface area contributed by atoms with Gasteiger partial charge >= 0.3 is 0 Å². The molecule has 0 aromatic heterocycles. The number of anilines is 3. The first-order valence-corrected chi connectivity index (χ1v) is 12.7. The van der Waals surface area contributed by atoms with E-state index in [1.807, 2.05) is 12.1 Å². The number of carbonyl (C=O) groups is 1. The van der Waals surface area contributed by atoms with Crippen molar-refractivity contribution in [3.63, 3.8) is 0 Å². The number of halogens is 1. The van der Waals surface area contributed by atoms with Crippen LogP contribution >= 0.6 is 11.6 Å². The van der Waals surface area contributed by atoms with Crippen LogP contribution in [-0.4, -0.2) is 64.7 Å². The Morgan fingerprint density at radius 1 is 1.03 bits per heavy atom. The lowest BCUT2D eigenvalue weighted by Crippen LogP contribution is -2.46. The highest BCUT2D eigenvalue weighted by atomic mass is 35.5. The molecule has 1 amide bonds. The van der Waals surface area contributed by atoms with Gasteiger partial charge in [0.05, 0.1) is 23.3 Å². The molecule has 0 saturated carbocycles. The number of rotatable bonds is 5. The first-order valence-electron chi connectivity index (χ1n) is 10.4. The number of likely N-dealkylation sites (N-methyl/N-ethyl adjacent to an activating group) is 1. The number of benzene rings is 2. The topological polar surface area (TPSA) is 73.0 Å². The van der Waals surface area contributed by atoms with Gasteiger partial charge in [-0.1, -0.05) is 18.5 Å². The van der Waals surface area contributed by atoms with E-state index < -0.39 is 10.0 Å². The summed E-state index contributed by atoms with van der Waals surface area (Å²) in [5.74, 6) is -0.240. The Bertz CT molecular complexity index is 1100. The molecule has 4 rings (SSSR count). The molecular formula is C22H27ClN4O3S. The number of sulfonamides is 1. The van der Waals surface area contributed by atoms with Crippen LogP contribution in [0.25, 0.3) is 0 Å². The molecule has 1 fully saturated rings. The highest BCUT2D eigenvalue weighted by Gasteiger charge is 2.27. The van der Waals surface area contributed by atoms with Gasteiger partial charge in [-0.25, -0.2) is 8.42 Å². The third-order valence-corrected chi connectivity index (χ3v) is 7.38. The molecule has 7 nitrogen and oxygen atoms in total. The quantitative estimate of drug-likeness (QED) is 0.739. The number of hydrogen-bond donors (Lipinski definition) is 1. The molecule has 0 radical (unpaired) electrons. The maximum Gasteiger partial charge on any atom is 0.255 e. The lowest BCUT2D eigenvalue weighted by atomic mass is 10.1. The molecule has 0 unspecified atom stereocenters. The van der Waals surface area contributed by atoms with Gasteiger partial charge in [0.15, 0.2) is 0 Å². The van der Waals surface area contributed by atoms with Crippen molar-refractivity contribution in [1.29, 1.82) is 0 Å². The Balaban J connectivity index is 1.55. The zero-order valence-electron chi connectivity index (χ0n) is 17.8. The van der Waals surface area contributed by atoms with Gasteiger partial charge in [0, 0.05) is 43.3 Å². The van der Waals surface area contributed by atoms with E-state index in [4.69, 9.17) is 11.6 Å². The van der Waals surface area contributed by atoms with E-state index in [1.54, 1.807) is 24.3 Å². The van der Waals surface area contributed by atoms with Gasteiger partial charge in [0.1, 0.15) is 0 Å². The molecule has 0 spiro atoms. The first kappa shape index (κ1) is 21.9. The molecule has 9 heteroatoms. The van der Waals surface area contributed by atoms with Gasteiger partial charge in [-0.3, -0.25) is 9.10 Å². The van der Waals surface area contributed by atoms with E-state index in [0.717, 1.165) is 44.0 Å². The summed E-state index contributed by atoms with van der Waals surface area (Å²) in [6.07, 6.45) is 1.79. The highest BCUT2D eigenvalue weighted by Crippen LogP contribution is 2.33. The second kappa shape index (κ2) is 8.68. The Labute approximate surface area is 188 Å². The van der Waals surface area contributed by atoms with Crippen LogP contribution in [-0.2, 0) is 16.4 Å². The average Bonchev–Trinajstić information content (AvgIpc) is 3.18. The van der Waals surface area contributed by atoms with E-state index in [0.29, 0.717) is 34.9 Å². The van der Waals surface area contributed by atoms with Gasteiger partial charge in [-0.05, 0) is 54.9 Å². The van der Waals surface area contributed by atoms with Crippen LogP contribution in [0.1, 0.15) is 22.8 Å². The van der Waals surface area contributed by atoms with Crippen molar-refractivity contribution >= 4 is 44.6 Å². The second-order valence-corrected chi connectivity index (χ2v) is 10.3. The van der Waals surface area contributed by atoms with Crippen LogP contribution < -0.4 is 14.5 Å². The molecule has 2 heterocycles. The smallest absolute Gasteiger partial charge is 0.255 e. The van der Waals surface area contributed by atoms with E-state index in [-0.39, 0.29) is 5.91 Å². The fourth-order valence-corrected chi connectivity index (χ4v) is 5.37. The van der Waals surface area contributed by atoms with Crippen molar-refractivity contribution < 1.29 is 13.2 Å². The molecule has 2 aliphatic heterocycles. The summed E-state index contributed by atoms with van der Waals surface area (Å²) in [4.78, 5) is 17.7. The van der Waals surface area contributed by atoms with Gasteiger partial charge < -0.3 is 15.1 Å². The van der Waals surface area contributed by atoms with Crippen LogP contribution in [0.5, 0.6) is 0 Å². The van der Waals surface area contributed by atoms with Crippen molar-refractivity contribution in [3.05, 3.63) is 52.5 Å². The van der Waals surface area contributed by atoms with E-state index in [9.17, 15) is 13.2 Å². The maximum absolute atomic E-state index is 13.0. The summed E-state index contributed by atoms with van der Waals surface area (Å²) >= 11 is 6.23. The lowest BCUT2D eigenvalue weighted by molar-refractivity contribution is 0.102. The van der Waals surface area contributed by atoms with Crippen LogP contribution in [0.4, 0.5) is 17.1 Å². The second-order valence-electron chi connectivity index (χ2n) is 7.97. The van der Waals surface area contributed by atoms with Crippen molar-refractivity contribution in [3.8, 4) is 0 Å². The minimum absolute atomic E-state index is 0.240. The summed E-state index contributed by atoms with van der Waals surface area (Å²) < 4.78 is 25.3. The molecule has 166 valence electrons. The highest BCUT2D eigenvalue weighted by molar-refractivity contribution is 7.92. The van der Waals surface area contributed by atoms with Crippen LogP contribution in [0.2, 0.25) is 5.02 Å². The molecule has 0 bridgehead atoms. The van der Waals surface area contributed by atoms with Crippen molar-refractivity contribution in [2.24, 2.45) is 0 Å². The normalized spacial score (nSPS) is 17.0. The molecule has 31 heavy (non-hydrogen) atoms. The Morgan fingerprint density at radius 2 is 1.74 bits per heavy atom. The molecule has 1 saturated heterocycles. The summed E-state index contributed by atoms with van der Waals surface area (Å²) in [5, 5.41) is 3.57. The third-order valence-electron chi connectivity index (χ3n) is 5.96. The number of carbonyl (C=O) groups excluding carboxylic acids is 1. The molecule has 0 aliphatic carbocycles. The number of amides is 1. The maximum atomic E-state index is 13.0. The third kappa shape index (κ3) is 4.66. The summed E-state index contributed by atoms with van der Waals surface area (Å²) in [5.41, 5.74) is 3.64. The zero-order chi connectivity index (χ0) is 22.2. The van der Waals surface area contributed by atoms with Gasteiger partial charge in [-0.2, -0.15) is 0 Å². The van der Waals surface area contributed by atoms with Crippen LogP contribution in [0.15, 0.2) is 36.4 Å². The van der Waals surface area contributed by atoms with Gasteiger partial charge in [0.25, 0.3) is 5.91 Å². The summed E-state index contributed by atoms with van der Waals surface area (Å²) in [6.45, 7) is 7.34. The van der Waals surface area contributed by atoms with Crippen molar-refractivity contribution in [1.82, 2.24) is 4.90 Å². The van der Waals surface area contributed by atoms with Crippen LogP contribution in [0, 0.1) is 0 Å². The van der Waals surface area contributed by atoms with Gasteiger partial charge in [-0.15, -0.1) is 0 Å². The number of nitrogens with zero attached hydrogens (tertiary/aromatic N) is 3. The summed E-state index contributed by atoms with van der Waals surface area (Å²) in [7, 11) is -3.32. The number of hydrogen-bond acceptors (Lipinski definition) is 5. The predicted molar refractivity (Wildman–Crippen MR) is 126 cm³/mol. The molecule has 2 aliphatic rings. The Hall–Kier alpha value is -2.29. The summed E-state index contributed by atoms with van der Waals surface area (Å²) in [6, 6.07) is 10.7. The van der Waals surface area contributed by atoms with Crippen molar-refractivity contribution in [2.45, 2.75) is 13.3 Å². The SMILES string of the molecule is CCN1CCN(c2ccc(Cl)cc2NC(=O)c2ccc3c(c2)CCN3S(C)(=O)=O)CC1. The molecular weight excluding hydrogens is 436 g/mol. The van der Waals surface area contributed by atoms with Crippen molar-refractivity contribution in [2.75, 3.05) is 60.0 Å². The molecule has 0 atom stereocenters. The van der Waals surface area contributed by atoms with Gasteiger partial charge in [0.2, 0.25) is 10.0 Å². The lowest BCUT2D eigenvalue weighted by Gasteiger charge is -2.36. The van der Waals surface area contributed by atoms with E-state index in [1.165, 1.54) is 10.6 Å². The number of piperazine rings is 1. The average molecular weight is 463 g/mol. The Morgan fingerprint density at radius 3 is 2.42 bits per heavy atom. The van der Waals surface area contributed by atoms with E-state index in [2.05, 4.69) is 22.0 Å². The number of nitrogens with one attached hydrogen (secondary N) is 1. The number of fused-ring (bicyclic) bond motifs is 1.